The molecule has 1 saturated carbocycles. The molecule has 0 saturated heterocycles. The van der Waals surface area contributed by atoms with Crippen molar-refractivity contribution in [3.05, 3.63) is 63.1 Å². The molecule has 0 unspecified atom stereocenters. The van der Waals surface area contributed by atoms with Crippen LogP contribution < -0.4 is 9.62 Å². The second kappa shape index (κ2) is 13.2. The minimum atomic E-state index is -3.61. The van der Waals surface area contributed by atoms with Crippen molar-refractivity contribution >= 4 is 62.3 Å². The standard InChI is InChI=1S/C26H32Cl3N3O4S/c1-18(26(34)30-20-9-3-4-10-20)31(17-22-23(28)12-6-13-24(22)29)25(33)14-7-15-32(37(2,35)36)21-11-5-8-19(27)16-21/h5-6,8,11-13,16,18,20H,3-4,7,9-10,14-15,17H2,1-2H3,(H,30,34)/t18-/m0/s1. The number of carbonyl (C=O) groups excluding carboxylic acids is 2. The summed E-state index contributed by atoms with van der Waals surface area (Å²) in [7, 11) is -3.61. The van der Waals surface area contributed by atoms with Gasteiger partial charge in [-0.2, -0.15) is 0 Å². The van der Waals surface area contributed by atoms with Crippen LogP contribution in [0.25, 0.3) is 0 Å². The highest BCUT2D eigenvalue weighted by molar-refractivity contribution is 7.92. The van der Waals surface area contributed by atoms with Crippen LogP contribution in [0.15, 0.2) is 42.5 Å². The number of halogens is 3. The molecule has 11 heteroatoms. The Morgan fingerprint density at radius 3 is 2.27 bits per heavy atom. The summed E-state index contributed by atoms with van der Waals surface area (Å²) >= 11 is 18.8. The summed E-state index contributed by atoms with van der Waals surface area (Å²) in [5.74, 6) is -0.537. The molecule has 2 aromatic rings. The smallest absolute Gasteiger partial charge is 0.242 e. The van der Waals surface area contributed by atoms with Gasteiger partial charge in [-0.1, -0.05) is 59.8 Å². The number of anilines is 1. The SMILES string of the molecule is C[C@@H](C(=O)NC1CCCC1)N(Cc1c(Cl)cccc1Cl)C(=O)CCCN(c1cccc(Cl)c1)S(C)(=O)=O. The van der Waals surface area contributed by atoms with Gasteiger partial charge in [-0.05, 0) is 56.5 Å². The Morgan fingerprint density at radius 2 is 1.68 bits per heavy atom. The van der Waals surface area contributed by atoms with E-state index < -0.39 is 16.1 Å². The van der Waals surface area contributed by atoms with E-state index in [1.807, 2.05) is 0 Å². The van der Waals surface area contributed by atoms with Gasteiger partial charge in [0.2, 0.25) is 21.8 Å². The lowest BCUT2D eigenvalue weighted by molar-refractivity contribution is -0.140. The van der Waals surface area contributed by atoms with Gasteiger partial charge in [0.05, 0.1) is 11.9 Å². The van der Waals surface area contributed by atoms with Gasteiger partial charge in [0.1, 0.15) is 6.04 Å². The Hall–Kier alpha value is -2.00. The van der Waals surface area contributed by atoms with Crippen molar-refractivity contribution in [2.75, 3.05) is 17.1 Å². The van der Waals surface area contributed by atoms with Gasteiger partial charge >= 0.3 is 0 Å². The van der Waals surface area contributed by atoms with E-state index >= 15 is 0 Å². The van der Waals surface area contributed by atoms with Crippen LogP contribution in [0.3, 0.4) is 0 Å². The number of sulfonamides is 1. The van der Waals surface area contributed by atoms with Crippen LogP contribution in [0, 0.1) is 0 Å². The fourth-order valence-corrected chi connectivity index (χ4v) is 6.12. The molecule has 1 N–H and O–H groups in total. The molecule has 3 rings (SSSR count). The van der Waals surface area contributed by atoms with Crippen molar-refractivity contribution in [3.8, 4) is 0 Å². The van der Waals surface area contributed by atoms with E-state index in [4.69, 9.17) is 34.8 Å². The summed E-state index contributed by atoms with van der Waals surface area (Å²) in [5.41, 5.74) is 0.975. The molecule has 202 valence electrons. The first-order valence-electron chi connectivity index (χ1n) is 12.2. The van der Waals surface area contributed by atoms with Crippen molar-refractivity contribution in [1.29, 1.82) is 0 Å². The third kappa shape index (κ3) is 8.24. The van der Waals surface area contributed by atoms with E-state index in [0.717, 1.165) is 31.9 Å². The zero-order valence-corrected chi connectivity index (χ0v) is 24.0. The molecule has 2 aromatic carbocycles. The Kier molecular flexibility index (Phi) is 10.5. The second-order valence-corrected chi connectivity index (χ2v) is 12.5. The Morgan fingerprint density at radius 1 is 1.05 bits per heavy atom. The molecule has 1 aliphatic carbocycles. The Labute approximate surface area is 234 Å². The van der Waals surface area contributed by atoms with Crippen molar-refractivity contribution in [3.63, 3.8) is 0 Å². The first kappa shape index (κ1) is 29.6. The molecule has 1 atom stereocenters. The molecule has 2 amide bonds. The van der Waals surface area contributed by atoms with E-state index in [-0.39, 0.29) is 43.8 Å². The summed E-state index contributed by atoms with van der Waals surface area (Å²) in [5, 5.41) is 4.26. The first-order valence-corrected chi connectivity index (χ1v) is 15.2. The summed E-state index contributed by atoms with van der Waals surface area (Å²) in [4.78, 5) is 28.0. The topological polar surface area (TPSA) is 86.8 Å². The van der Waals surface area contributed by atoms with Crippen molar-refractivity contribution in [2.45, 2.75) is 64.1 Å². The number of amides is 2. The monoisotopic (exact) mass is 587 g/mol. The molecule has 1 aliphatic rings. The maximum absolute atomic E-state index is 13.4. The number of rotatable bonds is 11. The van der Waals surface area contributed by atoms with Crippen LogP contribution in [-0.4, -0.2) is 50.0 Å². The van der Waals surface area contributed by atoms with Crippen LogP contribution in [-0.2, 0) is 26.2 Å². The molecule has 0 aliphatic heterocycles. The highest BCUT2D eigenvalue weighted by atomic mass is 35.5. The summed E-state index contributed by atoms with van der Waals surface area (Å²) < 4.78 is 26.1. The molecular formula is C26H32Cl3N3O4S. The van der Waals surface area contributed by atoms with Gasteiger partial charge in [0.25, 0.3) is 0 Å². The van der Waals surface area contributed by atoms with E-state index in [2.05, 4.69) is 5.32 Å². The van der Waals surface area contributed by atoms with Crippen LogP contribution in [0.4, 0.5) is 5.69 Å². The predicted octanol–water partition coefficient (Wildman–Crippen LogP) is 5.67. The lowest BCUT2D eigenvalue weighted by atomic mass is 10.1. The Bertz CT molecular complexity index is 1200. The molecule has 0 heterocycles. The average Bonchev–Trinajstić information content (AvgIpc) is 3.33. The largest absolute Gasteiger partial charge is 0.352 e. The molecule has 0 aromatic heterocycles. The Balaban J connectivity index is 1.76. The summed E-state index contributed by atoms with van der Waals surface area (Å²) in [6.45, 7) is 1.82. The fourth-order valence-electron chi connectivity index (χ4n) is 4.46. The predicted molar refractivity (Wildman–Crippen MR) is 150 cm³/mol. The van der Waals surface area contributed by atoms with Crippen molar-refractivity contribution < 1.29 is 18.0 Å². The van der Waals surface area contributed by atoms with Crippen molar-refractivity contribution in [1.82, 2.24) is 10.2 Å². The van der Waals surface area contributed by atoms with Crippen LogP contribution >= 0.6 is 34.8 Å². The molecule has 0 radical (unpaired) electrons. The third-order valence-electron chi connectivity index (χ3n) is 6.51. The lowest BCUT2D eigenvalue weighted by Crippen LogP contribution is -2.49. The molecular weight excluding hydrogens is 557 g/mol. The highest BCUT2D eigenvalue weighted by Crippen LogP contribution is 2.28. The lowest BCUT2D eigenvalue weighted by Gasteiger charge is -2.30. The first-order chi connectivity index (χ1) is 17.5. The minimum Gasteiger partial charge on any atom is -0.352 e. The summed E-state index contributed by atoms with van der Waals surface area (Å²) in [6.07, 6.45) is 5.36. The molecule has 0 spiro atoms. The zero-order chi connectivity index (χ0) is 27.2. The van der Waals surface area contributed by atoms with Gasteiger partial charge in [0.15, 0.2) is 0 Å². The zero-order valence-electron chi connectivity index (χ0n) is 20.9. The van der Waals surface area contributed by atoms with Gasteiger partial charge in [0, 0.05) is 46.2 Å². The van der Waals surface area contributed by atoms with Gasteiger partial charge < -0.3 is 10.2 Å². The number of hydrogen-bond donors (Lipinski definition) is 1. The molecule has 7 nitrogen and oxygen atoms in total. The molecule has 1 fully saturated rings. The van der Waals surface area contributed by atoms with E-state index in [1.54, 1.807) is 49.4 Å². The highest BCUT2D eigenvalue weighted by Gasteiger charge is 2.29. The average molecular weight is 589 g/mol. The maximum Gasteiger partial charge on any atom is 0.242 e. The van der Waals surface area contributed by atoms with Crippen LogP contribution in [0.1, 0.15) is 51.0 Å². The third-order valence-corrected chi connectivity index (χ3v) is 8.64. The minimum absolute atomic E-state index is 0.0235. The molecule has 0 bridgehead atoms. The maximum atomic E-state index is 13.4. The number of carbonyl (C=O) groups is 2. The van der Waals surface area contributed by atoms with Gasteiger partial charge in [-0.15, -0.1) is 0 Å². The van der Waals surface area contributed by atoms with Gasteiger partial charge in [-0.3, -0.25) is 13.9 Å². The van der Waals surface area contributed by atoms with E-state index in [9.17, 15) is 18.0 Å². The number of hydrogen-bond acceptors (Lipinski definition) is 4. The van der Waals surface area contributed by atoms with E-state index in [0.29, 0.717) is 26.3 Å². The van der Waals surface area contributed by atoms with Crippen LogP contribution in [0.5, 0.6) is 0 Å². The van der Waals surface area contributed by atoms with E-state index in [1.165, 1.54) is 9.21 Å². The normalized spacial score (nSPS) is 14.8. The van der Waals surface area contributed by atoms with Gasteiger partial charge in [-0.25, -0.2) is 8.42 Å². The van der Waals surface area contributed by atoms with Crippen LogP contribution in [0.2, 0.25) is 15.1 Å². The van der Waals surface area contributed by atoms with Crippen molar-refractivity contribution in [2.24, 2.45) is 0 Å². The fraction of sp³-hybridized carbons (Fsp3) is 0.462. The summed E-state index contributed by atoms with van der Waals surface area (Å²) in [6, 6.07) is 11.0. The number of benzene rings is 2. The number of nitrogens with one attached hydrogen (secondary N) is 1. The quantitative estimate of drug-likeness (QED) is 0.367. The number of nitrogens with zero attached hydrogens (tertiary/aromatic N) is 2. The molecule has 37 heavy (non-hydrogen) atoms. The second-order valence-electron chi connectivity index (χ2n) is 9.31.